The third-order valence-corrected chi connectivity index (χ3v) is 5.56. The van der Waals surface area contributed by atoms with Crippen LogP contribution in [-0.4, -0.2) is 50.3 Å². The number of likely N-dealkylation sites (tertiary alicyclic amines) is 1. The summed E-state index contributed by atoms with van der Waals surface area (Å²) in [5, 5.41) is 0. The lowest BCUT2D eigenvalue weighted by Crippen LogP contribution is -2.48. The molecular formula is C21H27N5. The molecule has 0 radical (unpaired) electrons. The maximum atomic E-state index is 4.46. The standard InChI is InChI=1S/C21H27N5/c1-17-14-25(15-18-6-4-3-5-7-18)10-8-20(17)24(2)16-19-12-23-21-13-22-9-11-26(19)21/h3-7,9,11-13,17,20H,8,10,14-16H2,1-2H3/t17-,20-/m0/s1. The Morgan fingerprint density at radius 2 is 2.04 bits per heavy atom. The number of aromatic nitrogens is 3. The molecule has 136 valence electrons. The van der Waals surface area contributed by atoms with Gasteiger partial charge in [-0.25, -0.2) is 4.98 Å². The Bertz CT molecular complexity index is 844. The summed E-state index contributed by atoms with van der Waals surface area (Å²) < 4.78 is 2.14. The number of nitrogens with zero attached hydrogens (tertiary/aromatic N) is 5. The average molecular weight is 349 g/mol. The maximum Gasteiger partial charge on any atom is 0.155 e. The van der Waals surface area contributed by atoms with Crippen LogP contribution in [0.3, 0.4) is 0 Å². The van der Waals surface area contributed by atoms with Crippen molar-refractivity contribution >= 4 is 5.65 Å². The highest BCUT2D eigenvalue weighted by Crippen LogP contribution is 2.24. The molecule has 0 spiro atoms. The van der Waals surface area contributed by atoms with Crippen LogP contribution in [0.15, 0.2) is 55.1 Å². The zero-order chi connectivity index (χ0) is 17.9. The third kappa shape index (κ3) is 3.64. The highest BCUT2D eigenvalue weighted by atomic mass is 15.2. The number of piperidine rings is 1. The third-order valence-electron chi connectivity index (χ3n) is 5.56. The minimum Gasteiger partial charge on any atom is -0.300 e. The molecule has 3 aromatic rings. The molecule has 0 bridgehead atoms. The topological polar surface area (TPSA) is 36.7 Å². The molecule has 0 unspecified atom stereocenters. The average Bonchev–Trinajstić information content (AvgIpc) is 3.06. The van der Waals surface area contributed by atoms with E-state index in [1.54, 1.807) is 0 Å². The highest BCUT2D eigenvalue weighted by Gasteiger charge is 2.29. The molecule has 1 aromatic carbocycles. The molecule has 0 N–H and O–H groups in total. The van der Waals surface area contributed by atoms with Gasteiger partial charge in [-0.15, -0.1) is 0 Å². The largest absolute Gasteiger partial charge is 0.300 e. The van der Waals surface area contributed by atoms with E-state index in [4.69, 9.17) is 0 Å². The van der Waals surface area contributed by atoms with E-state index in [9.17, 15) is 0 Å². The molecule has 1 aliphatic heterocycles. The first-order valence-corrected chi connectivity index (χ1v) is 9.43. The maximum absolute atomic E-state index is 4.46. The molecule has 2 atom stereocenters. The Labute approximate surface area is 155 Å². The fourth-order valence-corrected chi connectivity index (χ4v) is 4.24. The first kappa shape index (κ1) is 17.2. The quantitative estimate of drug-likeness (QED) is 0.709. The summed E-state index contributed by atoms with van der Waals surface area (Å²) in [4.78, 5) is 13.7. The Morgan fingerprint density at radius 3 is 2.85 bits per heavy atom. The van der Waals surface area contributed by atoms with Crippen LogP contribution >= 0.6 is 0 Å². The van der Waals surface area contributed by atoms with Crippen molar-refractivity contribution < 1.29 is 0 Å². The normalized spacial score (nSPS) is 21.5. The zero-order valence-electron chi connectivity index (χ0n) is 15.6. The summed E-state index contributed by atoms with van der Waals surface area (Å²) in [7, 11) is 2.24. The van der Waals surface area contributed by atoms with Crippen LogP contribution in [-0.2, 0) is 13.1 Å². The molecule has 0 aliphatic carbocycles. The van der Waals surface area contributed by atoms with E-state index in [1.165, 1.54) is 17.7 Å². The number of hydrogen-bond donors (Lipinski definition) is 0. The Morgan fingerprint density at radius 1 is 1.19 bits per heavy atom. The van der Waals surface area contributed by atoms with Crippen LogP contribution in [0.5, 0.6) is 0 Å². The van der Waals surface area contributed by atoms with Crippen molar-refractivity contribution in [3.63, 3.8) is 0 Å². The first-order valence-electron chi connectivity index (χ1n) is 9.43. The highest BCUT2D eigenvalue weighted by molar-refractivity contribution is 5.36. The molecular weight excluding hydrogens is 322 g/mol. The van der Waals surface area contributed by atoms with E-state index in [2.05, 4.69) is 68.5 Å². The van der Waals surface area contributed by atoms with Gasteiger partial charge in [0.1, 0.15) is 0 Å². The van der Waals surface area contributed by atoms with Crippen molar-refractivity contribution in [1.82, 2.24) is 24.2 Å². The second-order valence-electron chi connectivity index (χ2n) is 7.52. The number of rotatable bonds is 5. The van der Waals surface area contributed by atoms with Gasteiger partial charge in [-0.2, -0.15) is 0 Å². The van der Waals surface area contributed by atoms with Crippen molar-refractivity contribution in [3.8, 4) is 0 Å². The predicted octanol–water partition coefficient (Wildman–Crippen LogP) is 3.07. The molecule has 3 heterocycles. The lowest BCUT2D eigenvalue weighted by atomic mass is 9.92. The lowest BCUT2D eigenvalue weighted by molar-refractivity contribution is 0.0711. The molecule has 5 nitrogen and oxygen atoms in total. The summed E-state index contributed by atoms with van der Waals surface area (Å²) in [6.45, 7) is 6.67. The van der Waals surface area contributed by atoms with Crippen LogP contribution < -0.4 is 0 Å². The van der Waals surface area contributed by atoms with Crippen molar-refractivity contribution in [2.75, 3.05) is 20.1 Å². The monoisotopic (exact) mass is 349 g/mol. The smallest absolute Gasteiger partial charge is 0.155 e. The van der Waals surface area contributed by atoms with Gasteiger partial charge in [-0.3, -0.25) is 19.2 Å². The van der Waals surface area contributed by atoms with E-state index in [0.29, 0.717) is 12.0 Å². The predicted molar refractivity (Wildman–Crippen MR) is 104 cm³/mol. The minimum absolute atomic E-state index is 0.606. The SMILES string of the molecule is C[C@H]1CN(Cc2ccccc2)CC[C@@H]1N(C)Cc1cnc2cnccn12. The van der Waals surface area contributed by atoms with Gasteiger partial charge in [-0.1, -0.05) is 37.3 Å². The fraction of sp³-hybridized carbons (Fsp3) is 0.429. The van der Waals surface area contributed by atoms with Gasteiger partial charge in [0, 0.05) is 38.1 Å². The number of imidazole rings is 1. The van der Waals surface area contributed by atoms with Crippen molar-refractivity contribution in [1.29, 1.82) is 0 Å². The van der Waals surface area contributed by atoms with Gasteiger partial charge in [-0.05, 0) is 31.5 Å². The summed E-state index contributed by atoms with van der Waals surface area (Å²) >= 11 is 0. The van der Waals surface area contributed by atoms with Gasteiger partial charge in [0.2, 0.25) is 0 Å². The van der Waals surface area contributed by atoms with Crippen LogP contribution in [0.1, 0.15) is 24.6 Å². The van der Waals surface area contributed by atoms with Crippen molar-refractivity contribution in [2.45, 2.75) is 32.5 Å². The lowest BCUT2D eigenvalue weighted by Gasteiger charge is -2.41. The van der Waals surface area contributed by atoms with E-state index >= 15 is 0 Å². The summed E-state index contributed by atoms with van der Waals surface area (Å²) in [5.74, 6) is 0.651. The van der Waals surface area contributed by atoms with E-state index < -0.39 is 0 Å². The second-order valence-corrected chi connectivity index (χ2v) is 7.52. The Kier molecular flexibility index (Phi) is 5.00. The molecule has 1 fully saturated rings. The summed E-state index contributed by atoms with van der Waals surface area (Å²) in [6.07, 6.45) is 8.82. The molecule has 0 amide bonds. The second kappa shape index (κ2) is 7.56. The van der Waals surface area contributed by atoms with Gasteiger partial charge in [0.05, 0.1) is 18.1 Å². The molecule has 26 heavy (non-hydrogen) atoms. The van der Waals surface area contributed by atoms with E-state index in [-0.39, 0.29) is 0 Å². The Balaban J connectivity index is 1.38. The number of benzene rings is 1. The van der Waals surface area contributed by atoms with Crippen LogP contribution in [0, 0.1) is 5.92 Å². The fourth-order valence-electron chi connectivity index (χ4n) is 4.24. The number of hydrogen-bond acceptors (Lipinski definition) is 4. The van der Waals surface area contributed by atoms with Gasteiger partial charge in [0.25, 0.3) is 0 Å². The zero-order valence-corrected chi connectivity index (χ0v) is 15.6. The Hall–Kier alpha value is -2.24. The number of fused-ring (bicyclic) bond motifs is 1. The van der Waals surface area contributed by atoms with Crippen LogP contribution in [0.4, 0.5) is 0 Å². The van der Waals surface area contributed by atoms with Crippen molar-refractivity contribution in [2.24, 2.45) is 5.92 Å². The molecule has 5 heteroatoms. The molecule has 2 aromatic heterocycles. The summed E-state index contributed by atoms with van der Waals surface area (Å²) in [6, 6.07) is 11.4. The van der Waals surface area contributed by atoms with Gasteiger partial charge in [0.15, 0.2) is 5.65 Å². The minimum atomic E-state index is 0.606. The van der Waals surface area contributed by atoms with Gasteiger partial charge < -0.3 is 0 Å². The van der Waals surface area contributed by atoms with Crippen molar-refractivity contribution in [3.05, 3.63) is 66.4 Å². The molecule has 1 aliphatic rings. The van der Waals surface area contributed by atoms with E-state index in [1.807, 2.05) is 24.8 Å². The van der Waals surface area contributed by atoms with Crippen LogP contribution in [0.25, 0.3) is 5.65 Å². The van der Waals surface area contributed by atoms with Crippen LogP contribution in [0.2, 0.25) is 0 Å². The molecule has 0 saturated carbocycles. The molecule has 1 saturated heterocycles. The van der Waals surface area contributed by atoms with E-state index in [0.717, 1.165) is 31.8 Å². The summed E-state index contributed by atoms with van der Waals surface area (Å²) in [5.41, 5.74) is 3.55. The van der Waals surface area contributed by atoms with Gasteiger partial charge >= 0.3 is 0 Å². The first-order chi connectivity index (χ1) is 12.7. The molecule has 4 rings (SSSR count).